The van der Waals surface area contributed by atoms with Gasteiger partial charge in [0.2, 0.25) is 0 Å². The van der Waals surface area contributed by atoms with Crippen LogP contribution in [0.2, 0.25) is 0 Å². The highest BCUT2D eigenvalue weighted by Gasteiger charge is 2.49. The number of ether oxygens (including phenoxy) is 3. The molecule has 5 nitrogen and oxygen atoms in total. The molecule has 1 rings (SSSR count). The van der Waals surface area contributed by atoms with Crippen LogP contribution in [0.4, 0.5) is 9.18 Å². The van der Waals surface area contributed by atoms with Gasteiger partial charge in [-0.05, 0) is 41.0 Å². The summed E-state index contributed by atoms with van der Waals surface area (Å²) in [6, 6.07) is -0.480. The number of nitrogens with zero attached hydrogens (tertiary/aromatic N) is 1. The lowest BCUT2D eigenvalue weighted by Gasteiger charge is -2.37. The summed E-state index contributed by atoms with van der Waals surface area (Å²) >= 11 is 0. The van der Waals surface area contributed by atoms with E-state index in [4.69, 9.17) is 14.2 Å². The minimum absolute atomic E-state index is 0.243. The Hall–Kier alpha value is -0.880. The normalized spacial score (nSPS) is 22.7. The zero-order valence-electron chi connectivity index (χ0n) is 14.6. The van der Waals surface area contributed by atoms with Gasteiger partial charge in [0.15, 0.2) is 0 Å². The average molecular weight is 319 g/mol. The Labute approximate surface area is 133 Å². The summed E-state index contributed by atoms with van der Waals surface area (Å²) in [5.74, 6) is 0. The number of alkyl halides is 1. The molecular weight excluding hydrogens is 289 g/mol. The topological polar surface area (TPSA) is 48.0 Å². The van der Waals surface area contributed by atoms with Gasteiger partial charge in [0.05, 0.1) is 12.6 Å². The second kappa shape index (κ2) is 7.59. The van der Waals surface area contributed by atoms with E-state index < -0.39 is 36.2 Å². The van der Waals surface area contributed by atoms with Crippen LogP contribution in [0.3, 0.4) is 0 Å². The summed E-state index contributed by atoms with van der Waals surface area (Å²) in [5.41, 5.74) is -1.46. The minimum atomic E-state index is -0.839. The molecule has 1 saturated heterocycles. The first-order valence-corrected chi connectivity index (χ1v) is 7.96. The fourth-order valence-electron chi connectivity index (χ4n) is 2.41. The van der Waals surface area contributed by atoms with Gasteiger partial charge in [-0.1, -0.05) is 13.3 Å². The highest BCUT2D eigenvalue weighted by molar-refractivity contribution is 5.69. The molecule has 0 radical (unpaired) electrons. The molecule has 2 atom stereocenters. The Bertz CT molecular complexity index is 368. The third kappa shape index (κ3) is 5.09. The Kier molecular flexibility index (Phi) is 6.62. The van der Waals surface area contributed by atoms with Gasteiger partial charge in [-0.25, -0.2) is 9.18 Å². The molecule has 1 aliphatic heterocycles. The van der Waals surface area contributed by atoms with Crippen LogP contribution in [0, 0.1) is 0 Å². The van der Waals surface area contributed by atoms with Gasteiger partial charge in [-0.3, -0.25) is 4.90 Å². The van der Waals surface area contributed by atoms with Crippen molar-refractivity contribution in [2.75, 3.05) is 19.9 Å². The van der Waals surface area contributed by atoms with Crippen molar-refractivity contribution >= 4 is 6.09 Å². The highest BCUT2D eigenvalue weighted by atomic mass is 19.1. The molecule has 0 spiro atoms. The van der Waals surface area contributed by atoms with Gasteiger partial charge < -0.3 is 14.2 Å². The van der Waals surface area contributed by atoms with Crippen LogP contribution in [0.1, 0.15) is 54.4 Å². The van der Waals surface area contributed by atoms with Gasteiger partial charge >= 0.3 is 6.09 Å². The summed E-state index contributed by atoms with van der Waals surface area (Å²) in [4.78, 5) is 13.9. The number of unbranched alkanes of at least 4 members (excludes halogenated alkanes) is 1. The molecule has 0 N–H and O–H groups in total. The number of halogens is 1. The Morgan fingerprint density at radius 3 is 2.59 bits per heavy atom. The molecule has 6 heteroatoms. The van der Waals surface area contributed by atoms with Crippen molar-refractivity contribution in [3.63, 3.8) is 0 Å². The maximum atomic E-state index is 13.4. The van der Waals surface area contributed by atoms with E-state index in [9.17, 15) is 9.18 Å². The molecule has 0 saturated carbocycles. The van der Waals surface area contributed by atoms with E-state index in [1.807, 2.05) is 6.92 Å². The highest BCUT2D eigenvalue weighted by Crippen LogP contribution is 2.32. The van der Waals surface area contributed by atoms with Gasteiger partial charge in [0, 0.05) is 6.61 Å². The monoisotopic (exact) mass is 319 g/mol. The summed E-state index contributed by atoms with van der Waals surface area (Å²) in [6.07, 6.45) is 0.639. The predicted molar refractivity (Wildman–Crippen MR) is 82.5 cm³/mol. The number of carbonyl (C=O) groups excluding carboxylic acids is 1. The molecule has 1 amide bonds. The Morgan fingerprint density at radius 1 is 1.45 bits per heavy atom. The SMILES string of the molecule is CCCCOC(CF)[C@@H]1COC(C)(C)N1C(=O)OC(C)(C)C. The van der Waals surface area contributed by atoms with Crippen LogP contribution in [0.15, 0.2) is 0 Å². The smallest absolute Gasteiger partial charge is 0.412 e. The van der Waals surface area contributed by atoms with E-state index in [2.05, 4.69) is 0 Å². The first kappa shape index (κ1) is 19.2. The van der Waals surface area contributed by atoms with Crippen LogP contribution in [0.25, 0.3) is 0 Å². The van der Waals surface area contributed by atoms with Gasteiger partial charge in [0.25, 0.3) is 0 Å². The number of carbonyl (C=O) groups is 1. The average Bonchev–Trinajstić information content (AvgIpc) is 2.68. The molecule has 0 aromatic heterocycles. The van der Waals surface area contributed by atoms with Gasteiger partial charge in [-0.2, -0.15) is 0 Å². The zero-order chi connectivity index (χ0) is 17.0. The molecule has 0 aromatic carbocycles. The Morgan fingerprint density at radius 2 is 2.09 bits per heavy atom. The molecular formula is C16H30FNO4. The molecule has 1 unspecified atom stereocenters. The van der Waals surface area contributed by atoms with Crippen molar-refractivity contribution < 1.29 is 23.4 Å². The fourth-order valence-corrected chi connectivity index (χ4v) is 2.41. The molecule has 1 fully saturated rings. The van der Waals surface area contributed by atoms with E-state index in [0.717, 1.165) is 12.8 Å². The van der Waals surface area contributed by atoms with Crippen molar-refractivity contribution in [1.29, 1.82) is 0 Å². The third-order valence-corrected chi connectivity index (χ3v) is 3.52. The zero-order valence-corrected chi connectivity index (χ0v) is 14.6. The second-order valence-corrected chi connectivity index (χ2v) is 7.09. The minimum Gasteiger partial charge on any atom is -0.444 e. The second-order valence-electron chi connectivity index (χ2n) is 7.09. The predicted octanol–water partition coefficient (Wildman–Crippen LogP) is 3.51. The summed E-state index contributed by atoms with van der Waals surface area (Å²) < 4.78 is 30.1. The van der Waals surface area contributed by atoms with Gasteiger partial charge in [0.1, 0.15) is 24.1 Å². The molecule has 22 heavy (non-hydrogen) atoms. The van der Waals surface area contributed by atoms with E-state index in [0.29, 0.717) is 6.61 Å². The number of hydrogen-bond acceptors (Lipinski definition) is 4. The van der Waals surface area contributed by atoms with Crippen molar-refractivity contribution in [1.82, 2.24) is 4.90 Å². The van der Waals surface area contributed by atoms with Crippen LogP contribution in [-0.4, -0.2) is 54.4 Å². The first-order chi connectivity index (χ1) is 10.1. The first-order valence-electron chi connectivity index (χ1n) is 7.96. The van der Waals surface area contributed by atoms with E-state index >= 15 is 0 Å². The van der Waals surface area contributed by atoms with Crippen molar-refractivity contribution in [2.24, 2.45) is 0 Å². The van der Waals surface area contributed by atoms with E-state index in [-0.39, 0.29) is 6.61 Å². The molecule has 0 aliphatic carbocycles. The quantitative estimate of drug-likeness (QED) is 0.703. The lowest BCUT2D eigenvalue weighted by molar-refractivity contribution is -0.0744. The van der Waals surface area contributed by atoms with E-state index in [1.54, 1.807) is 34.6 Å². The van der Waals surface area contributed by atoms with Crippen LogP contribution in [-0.2, 0) is 14.2 Å². The lowest BCUT2D eigenvalue weighted by atomic mass is 10.1. The van der Waals surface area contributed by atoms with Gasteiger partial charge in [-0.15, -0.1) is 0 Å². The molecule has 0 aromatic rings. The van der Waals surface area contributed by atoms with Crippen molar-refractivity contribution in [2.45, 2.75) is 77.9 Å². The van der Waals surface area contributed by atoms with E-state index in [1.165, 1.54) is 4.90 Å². The summed E-state index contributed by atoms with van der Waals surface area (Å²) in [6.45, 7) is 11.1. The molecule has 130 valence electrons. The fraction of sp³-hybridized carbons (Fsp3) is 0.938. The van der Waals surface area contributed by atoms with Crippen LogP contribution < -0.4 is 0 Å². The van der Waals surface area contributed by atoms with Crippen LogP contribution in [0.5, 0.6) is 0 Å². The Balaban J connectivity index is 2.85. The number of hydrogen-bond donors (Lipinski definition) is 0. The lowest BCUT2D eigenvalue weighted by Crippen LogP contribution is -2.54. The molecule has 1 aliphatic rings. The summed E-state index contributed by atoms with van der Waals surface area (Å²) in [7, 11) is 0. The molecule has 1 heterocycles. The molecule has 0 bridgehead atoms. The standard InChI is InChI=1S/C16H30FNO4/c1-7-8-9-20-13(10-17)12-11-21-16(5,6)18(12)14(19)22-15(2,3)4/h12-13H,7-11H2,1-6H3/t12-,13?/m0/s1. The maximum Gasteiger partial charge on any atom is 0.412 e. The summed E-state index contributed by atoms with van der Waals surface area (Å²) in [5, 5.41) is 0. The largest absolute Gasteiger partial charge is 0.444 e. The number of amides is 1. The maximum absolute atomic E-state index is 13.4. The number of rotatable bonds is 6. The van der Waals surface area contributed by atoms with Crippen molar-refractivity contribution in [3.05, 3.63) is 0 Å². The third-order valence-electron chi connectivity index (χ3n) is 3.52. The van der Waals surface area contributed by atoms with Crippen molar-refractivity contribution in [3.8, 4) is 0 Å². The van der Waals surface area contributed by atoms with Crippen LogP contribution >= 0.6 is 0 Å².